The van der Waals surface area contributed by atoms with Crippen LogP contribution in [0.3, 0.4) is 0 Å². The predicted molar refractivity (Wildman–Crippen MR) is 191 cm³/mol. The lowest BCUT2D eigenvalue weighted by atomic mass is 10.1. The molecule has 0 bridgehead atoms. The molecule has 0 N–H and O–H groups in total. The highest BCUT2D eigenvalue weighted by atomic mass is 16.5. The van der Waals surface area contributed by atoms with Gasteiger partial charge >= 0.3 is 11.9 Å². The molecule has 0 fully saturated rings. The average molecular weight is 649 g/mol. The van der Waals surface area contributed by atoms with Gasteiger partial charge in [-0.3, -0.25) is 9.98 Å². The molecule has 0 aliphatic carbocycles. The van der Waals surface area contributed by atoms with Crippen LogP contribution in [-0.2, 0) is 0 Å². The molecule has 0 amide bonds. The number of nitrogens with zero attached hydrogens (tertiary/aromatic N) is 2. The van der Waals surface area contributed by atoms with E-state index in [-0.39, 0.29) is 0 Å². The van der Waals surface area contributed by atoms with E-state index in [1.807, 2.05) is 50.5 Å². The Balaban J connectivity index is 1.02. The Morgan fingerprint density at radius 3 is 1.17 bits per heavy atom. The second kappa shape index (κ2) is 20.1. The standard InChI is InChI=1S/C40H44N2O6/c1-3-45-35-23-15-33(16-24-35)39(43)47-37-19-11-31(12-20-37)29-41-27-9-7-5-6-8-10-28-42-30-32-13-21-38(22-14-32)48-40(44)34-17-25-36(26-18-34)46-4-2/h11-26,29-30H,3-10,27-28H2,1-2H3. The van der Waals surface area contributed by atoms with Gasteiger partial charge in [0.1, 0.15) is 23.0 Å². The smallest absolute Gasteiger partial charge is 0.343 e. The van der Waals surface area contributed by atoms with E-state index in [1.54, 1.807) is 72.8 Å². The molecule has 48 heavy (non-hydrogen) atoms. The molecular weight excluding hydrogens is 604 g/mol. The van der Waals surface area contributed by atoms with Crippen LogP contribution in [0.25, 0.3) is 0 Å². The van der Waals surface area contributed by atoms with Gasteiger partial charge in [-0.15, -0.1) is 0 Å². The minimum atomic E-state index is -0.405. The van der Waals surface area contributed by atoms with Crippen molar-refractivity contribution in [2.45, 2.75) is 52.4 Å². The molecule has 0 aliphatic rings. The molecule has 0 aliphatic heterocycles. The largest absolute Gasteiger partial charge is 0.494 e. The van der Waals surface area contributed by atoms with Crippen LogP contribution in [-0.4, -0.2) is 50.7 Å². The van der Waals surface area contributed by atoms with E-state index >= 15 is 0 Å². The first-order valence-electron chi connectivity index (χ1n) is 16.6. The number of rotatable bonds is 19. The molecule has 0 atom stereocenters. The van der Waals surface area contributed by atoms with Gasteiger partial charge in [-0.05, 0) is 135 Å². The fraction of sp³-hybridized carbons (Fsp3) is 0.300. The number of carbonyl (C=O) groups is 2. The lowest BCUT2D eigenvalue weighted by Gasteiger charge is -2.06. The third-order valence-electron chi connectivity index (χ3n) is 7.29. The van der Waals surface area contributed by atoms with Crippen LogP contribution in [0.2, 0.25) is 0 Å². The monoisotopic (exact) mass is 648 g/mol. The Labute approximate surface area is 283 Å². The quantitative estimate of drug-likeness (QED) is 0.0436. The average Bonchev–Trinajstić information content (AvgIpc) is 3.11. The van der Waals surface area contributed by atoms with E-state index < -0.39 is 11.9 Å². The number of aliphatic imine (C=N–C) groups is 2. The number of ether oxygens (including phenoxy) is 4. The summed E-state index contributed by atoms with van der Waals surface area (Å²) in [5, 5.41) is 0. The summed E-state index contributed by atoms with van der Waals surface area (Å²) in [6, 6.07) is 28.5. The van der Waals surface area contributed by atoms with E-state index in [0.717, 1.165) is 61.4 Å². The summed E-state index contributed by atoms with van der Waals surface area (Å²) in [6.45, 7) is 6.57. The Morgan fingerprint density at radius 1 is 0.479 bits per heavy atom. The van der Waals surface area contributed by atoms with Crippen molar-refractivity contribution in [1.82, 2.24) is 0 Å². The van der Waals surface area contributed by atoms with Crippen LogP contribution in [0.4, 0.5) is 0 Å². The highest BCUT2D eigenvalue weighted by Crippen LogP contribution is 2.18. The van der Waals surface area contributed by atoms with Gasteiger partial charge in [-0.25, -0.2) is 9.59 Å². The molecule has 0 unspecified atom stereocenters. The summed E-state index contributed by atoms with van der Waals surface area (Å²) in [5.74, 6) is 1.62. The number of unbranched alkanes of at least 4 members (excludes halogenated alkanes) is 5. The van der Waals surface area contributed by atoms with E-state index in [1.165, 1.54) is 12.8 Å². The minimum Gasteiger partial charge on any atom is -0.494 e. The molecule has 0 spiro atoms. The maximum atomic E-state index is 12.4. The summed E-state index contributed by atoms with van der Waals surface area (Å²) < 4.78 is 21.8. The molecule has 0 aromatic heterocycles. The van der Waals surface area contributed by atoms with Gasteiger partial charge in [-0.1, -0.05) is 25.7 Å². The summed E-state index contributed by atoms with van der Waals surface area (Å²) in [6.07, 6.45) is 10.5. The minimum absolute atomic E-state index is 0.405. The van der Waals surface area contributed by atoms with Crippen molar-refractivity contribution in [2.24, 2.45) is 9.98 Å². The second-order valence-corrected chi connectivity index (χ2v) is 11.0. The van der Waals surface area contributed by atoms with Crippen LogP contribution in [0, 0.1) is 0 Å². The maximum Gasteiger partial charge on any atom is 0.343 e. The zero-order chi connectivity index (χ0) is 33.8. The van der Waals surface area contributed by atoms with Gasteiger partial charge < -0.3 is 18.9 Å². The zero-order valence-corrected chi connectivity index (χ0v) is 27.8. The third-order valence-corrected chi connectivity index (χ3v) is 7.29. The fourth-order valence-corrected chi connectivity index (χ4v) is 4.74. The Hall–Kier alpha value is -5.24. The first kappa shape index (κ1) is 35.6. The third kappa shape index (κ3) is 12.5. The fourth-order valence-electron chi connectivity index (χ4n) is 4.74. The van der Waals surface area contributed by atoms with Crippen LogP contribution < -0.4 is 18.9 Å². The first-order chi connectivity index (χ1) is 23.5. The molecule has 0 saturated heterocycles. The van der Waals surface area contributed by atoms with E-state index in [0.29, 0.717) is 35.8 Å². The van der Waals surface area contributed by atoms with Crippen LogP contribution in [0.15, 0.2) is 107 Å². The Bertz CT molecular complexity index is 1470. The van der Waals surface area contributed by atoms with Crippen molar-refractivity contribution in [3.05, 3.63) is 119 Å². The lowest BCUT2D eigenvalue weighted by molar-refractivity contribution is 0.0725. The lowest BCUT2D eigenvalue weighted by Crippen LogP contribution is -2.08. The number of hydrogen-bond acceptors (Lipinski definition) is 8. The molecule has 0 radical (unpaired) electrons. The Kier molecular flexibility index (Phi) is 14.9. The van der Waals surface area contributed by atoms with Gasteiger partial charge in [0, 0.05) is 25.5 Å². The molecular formula is C40H44N2O6. The van der Waals surface area contributed by atoms with Crippen LogP contribution in [0.5, 0.6) is 23.0 Å². The molecule has 4 aromatic rings. The van der Waals surface area contributed by atoms with Gasteiger partial charge in [0.25, 0.3) is 0 Å². The van der Waals surface area contributed by atoms with Crippen LogP contribution in [0.1, 0.15) is 84.2 Å². The highest BCUT2D eigenvalue weighted by Gasteiger charge is 2.10. The molecule has 250 valence electrons. The molecule has 0 heterocycles. The number of benzene rings is 4. The van der Waals surface area contributed by atoms with Crippen molar-refractivity contribution in [3.63, 3.8) is 0 Å². The molecule has 0 saturated carbocycles. The SMILES string of the molecule is CCOc1ccc(C(=O)Oc2ccc(C=NCCCCCCCCN=Cc3ccc(OC(=O)c4ccc(OCC)cc4)cc3)cc2)cc1. The maximum absolute atomic E-state index is 12.4. The van der Waals surface area contributed by atoms with Gasteiger partial charge in [-0.2, -0.15) is 0 Å². The van der Waals surface area contributed by atoms with Crippen molar-refractivity contribution >= 4 is 24.4 Å². The Morgan fingerprint density at radius 2 is 0.812 bits per heavy atom. The van der Waals surface area contributed by atoms with Crippen molar-refractivity contribution in [1.29, 1.82) is 0 Å². The van der Waals surface area contributed by atoms with Gasteiger partial charge in [0.2, 0.25) is 0 Å². The van der Waals surface area contributed by atoms with Crippen molar-refractivity contribution in [2.75, 3.05) is 26.3 Å². The van der Waals surface area contributed by atoms with Gasteiger partial charge in [0.15, 0.2) is 0 Å². The molecule has 8 nitrogen and oxygen atoms in total. The van der Waals surface area contributed by atoms with E-state index in [2.05, 4.69) is 9.98 Å². The van der Waals surface area contributed by atoms with Crippen molar-refractivity contribution < 1.29 is 28.5 Å². The molecule has 4 aromatic carbocycles. The summed E-state index contributed by atoms with van der Waals surface area (Å²) in [7, 11) is 0. The molecule has 8 heteroatoms. The molecule has 4 rings (SSSR count). The second-order valence-electron chi connectivity index (χ2n) is 11.0. The van der Waals surface area contributed by atoms with E-state index in [9.17, 15) is 9.59 Å². The van der Waals surface area contributed by atoms with Gasteiger partial charge in [0.05, 0.1) is 24.3 Å². The summed E-state index contributed by atoms with van der Waals surface area (Å²) >= 11 is 0. The first-order valence-corrected chi connectivity index (χ1v) is 16.6. The number of hydrogen-bond donors (Lipinski definition) is 0. The van der Waals surface area contributed by atoms with Crippen molar-refractivity contribution in [3.8, 4) is 23.0 Å². The summed E-state index contributed by atoms with van der Waals surface area (Å²) in [4.78, 5) is 33.8. The van der Waals surface area contributed by atoms with Crippen LogP contribution >= 0.6 is 0 Å². The predicted octanol–water partition coefficient (Wildman–Crippen LogP) is 8.80. The summed E-state index contributed by atoms with van der Waals surface area (Å²) in [5.41, 5.74) is 2.88. The highest BCUT2D eigenvalue weighted by molar-refractivity contribution is 5.92. The van der Waals surface area contributed by atoms with E-state index in [4.69, 9.17) is 18.9 Å². The normalized spacial score (nSPS) is 11.1. The number of carbonyl (C=O) groups excluding carboxylic acids is 2. The zero-order valence-electron chi connectivity index (χ0n) is 27.8. The number of esters is 2. The topological polar surface area (TPSA) is 95.8 Å².